The number of pyridine rings is 1. The molecule has 0 unspecified atom stereocenters. The van der Waals surface area contributed by atoms with Gasteiger partial charge in [0.05, 0.1) is 5.75 Å². The van der Waals surface area contributed by atoms with Crippen LogP contribution in [0.4, 0.5) is 19.0 Å². The Morgan fingerprint density at radius 1 is 1.47 bits per heavy atom. The first-order valence-corrected chi connectivity index (χ1v) is 4.87. The molecule has 1 heterocycles. The van der Waals surface area contributed by atoms with Crippen LogP contribution in [0, 0.1) is 0 Å². The minimum atomic E-state index is -4.39. The van der Waals surface area contributed by atoms with Crippen molar-refractivity contribution >= 4 is 23.5 Å². The van der Waals surface area contributed by atoms with E-state index in [-0.39, 0.29) is 17.6 Å². The van der Waals surface area contributed by atoms with E-state index in [1.165, 1.54) is 12.3 Å². The summed E-state index contributed by atoms with van der Waals surface area (Å²) in [5, 5.41) is 2.24. The number of alkyl halides is 3. The molecule has 0 aromatic carbocycles. The highest BCUT2D eigenvalue weighted by Crippen LogP contribution is 2.29. The van der Waals surface area contributed by atoms with Crippen molar-refractivity contribution in [1.82, 2.24) is 4.98 Å². The summed E-state index contributed by atoms with van der Waals surface area (Å²) in [6.07, 6.45) is 1.44. The van der Waals surface area contributed by atoms with Gasteiger partial charge in [0, 0.05) is 6.20 Å². The van der Waals surface area contributed by atoms with Gasteiger partial charge < -0.3 is 5.32 Å². The summed E-state index contributed by atoms with van der Waals surface area (Å²) in [5.41, 5.74) is -4.39. The van der Waals surface area contributed by atoms with E-state index in [0.29, 0.717) is 0 Å². The van der Waals surface area contributed by atoms with E-state index in [1.54, 1.807) is 12.1 Å². The summed E-state index contributed by atoms with van der Waals surface area (Å²) in [4.78, 5) is 14.7. The summed E-state index contributed by atoms with van der Waals surface area (Å²) in [6, 6.07) is 4.76. The maximum Gasteiger partial charge on any atom is 0.442 e. The number of carbonyl (C=O) groups is 1. The van der Waals surface area contributed by atoms with Crippen LogP contribution in [-0.4, -0.2) is 22.2 Å². The number of hydrogen-bond acceptors (Lipinski definition) is 3. The fraction of sp³-hybridized carbons (Fsp3) is 0.250. The Bertz CT molecular complexity index is 328. The van der Waals surface area contributed by atoms with Gasteiger partial charge in [0.2, 0.25) is 5.91 Å². The van der Waals surface area contributed by atoms with Gasteiger partial charge in [-0.15, -0.1) is 0 Å². The molecule has 3 nitrogen and oxygen atoms in total. The number of aromatic nitrogens is 1. The molecule has 1 aromatic heterocycles. The van der Waals surface area contributed by atoms with E-state index in [1.807, 2.05) is 0 Å². The Morgan fingerprint density at radius 2 is 2.20 bits per heavy atom. The van der Waals surface area contributed by atoms with Crippen molar-refractivity contribution in [2.24, 2.45) is 0 Å². The lowest BCUT2D eigenvalue weighted by Gasteiger charge is -2.05. The largest absolute Gasteiger partial charge is 0.442 e. The monoisotopic (exact) mass is 236 g/mol. The molecule has 15 heavy (non-hydrogen) atoms. The molecular weight excluding hydrogens is 229 g/mol. The number of carbonyl (C=O) groups excluding carboxylic acids is 1. The predicted octanol–water partition coefficient (Wildman–Crippen LogP) is 2.27. The molecule has 0 bridgehead atoms. The van der Waals surface area contributed by atoms with Crippen LogP contribution in [0.2, 0.25) is 0 Å². The van der Waals surface area contributed by atoms with Gasteiger partial charge in [-0.2, -0.15) is 13.2 Å². The zero-order valence-corrected chi connectivity index (χ0v) is 8.23. The lowest BCUT2D eigenvalue weighted by molar-refractivity contribution is -0.114. The van der Waals surface area contributed by atoms with Crippen molar-refractivity contribution in [2.45, 2.75) is 5.51 Å². The number of amides is 1. The normalized spacial score (nSPS) is 11.1. The van der Waals surface area contributed by atoms with E-state index in [4.69, 9.17) is 0 Å². The topological polar surface area (TPSA) is 42.0 Å². The highest BCUT2D eigenvalue weighted by atomic mass is 32.2. The molecule has 0 aliphatic carbocycles. The van der Waals surface area contributed by atoms with E-state index in [9.17, 15) is 18.0 Å². The summed E-state index contributed by atoms with van der Waals surface area (Å²) in [7, 11) is 0. The molecule has 0 fully saturated rings. The number of thioether (sulfide) groups is 1. The second-order valence-electron chi connectivity index (χ2n) is 2.50. The summed E-state index contributed by atoms with van der Waals surface area (Å²) in [6.45, 7) is 0. The first kappa shape index (κ1) is 11.8. The van der Waals surface area contributed by atoms with Crippen LogP contribution in [0.1, 0.15) is 0 Å². The standard InChI is InChI=1S/C8H7F3N2OS/c9-8(10,11)15-5-7(14)13-6-3-1-2-4-12-6/h1-4H,5H2,(H,12,13,14). The molecule has 1 amide bonds. The predicted molar refractivity (Wildman–Crippen MR) is 51.4 cm³/mol. The zero-order valence-electron chi connectivity index (χ0n) is 7.41. The van der Waals surface area contributed by atoms with Crippen molar-refractivity contribution in [2.75, 3.05) is 11.1 Å². The smallest absolute Gasteiger partial charge is 0.310 e. The third-order valence-electron chi connectivity index (χ3n) is 1.30. The van der Waals surface area contributed by atoms with Gasteiger partial charge in [-0.25, -0.2) is 4.98 Å². The van der Waals surface area contributed by atoms with E-state index < -0.39 is 17.2 Å². The summed E-state index contributed by atoms with van der Waals surface area (Å²) < 4.78 is 35.2. The number of anilines is 1. The van der Waals surface area contributed by atoms with Crippen LogP contribution in [0.3, 0.4) is 0 Å². The molecule has 0 saturated heterocycles. The van der Waals surface area contributed by atoms with E-state index in [2.05, 4.69) is 10.3 Å². The molecule has 1 aromatic rings. The second kappa shape index (κ2) is 5.01. The van der Waals surface area contributed by atoms with Gasteiger partial charge in [0.15, 0.2) is 0 Å². The van der Waals surface area contributed by atoms with Crippen molar-refractivity contribution < 1.29 is 18.0 Å². The van der Waals surface area contributed by atoms with Crippen LogP contribution >= 0.6 is 11.8 Å². The zero-order chi connectivity index (χ0) is 11.3. The Balaban J connectivity index is 2.38. The van der Waals surface area contributed by atoms with Crippen molar-refractivity contribution in [1.29, 1.82) is 0 Å². The van der Waals surface area contributed by atoms with Crippen molar-refractivity contribution in [3.63, 3.8) is 0 Å². The minimum absolute atomic E-state index is 0.241. The fourth-order valence-corrected chi connectivity index (χ4v) is 1.13. The van der Waals surface area contributed by atoms with E-state index >= 15 is 0 Å². The van der Waals surface area contributed by atoms with Gasteiger partial charge in [0.1, 0.15) is 5.82 Å². The molecule has 0 saturated carbocycles. The van der Waals surface area contributed by atoms with Crippen LogP contribution in [0.15, 0.2) is 24.4 Å². The van der Waals surface area contributed by atoms with Crippen LogP contribution in [0.5, 0.6) is 0 Å². The highest BCUT2D eigenvalue weighted by Gasteiger charge is 2.29. The quantitative estimate of drug-likeness (QED) is 0.875. The highest BCUT2D eigenvalue weighted by molar-refractivity contribution is 8.00. The van der Waals surface area contributed by atoms with Crippen LogP contribution < -0.4 is 5.32 Å². The number of hydrogen-bond donors (Lipinski definition) is 1. The van der Waals surface area contributed by atoms with Crippen molar-refractivity contribution in [3.05, 3.63) is 24.4 Å². The second-order valence-corrected chi connectivity index (χ2v) is 3.54. The van der Waals surface area contributed by atoms with E-state index in [0.717, 1.165) is 0 Å². The van der Waals surface area contributed by atoms with Gasteiger partial charge in [-0.05, 0) is 23.9 Å². The first-order valence-electron chi connectivity index (χ1n) is 3.89. The summed E-state index contributed by atoms with van der Waals surface area (Å²) in [5.74, 6) is -1.15. The molecule has 0 atom stereocenters. The Hall–Kier alpha value is -1.24. The molecular formula is C8H7F3N2OS. The maximum absolute atomic E-state index is 11.7. The lowest BCUT2D eigenvalue weighted by Crippen LogP contribution is -2.17. The molecule has 0 spiro atoms. The fourth-order valence-electron chi connectivity index (χ4n) is 0.763. The third-order valence-corrected chi connectivity index (χ3v) is 2.03. The molecule has 0 radical (unpaired) electrons. The molecule has 1 N–H and O–H groups in total. The van der Waals surface area contributed by atoms with Crippen molar-refractivity contribution in [3.8, 4) is 0 Å². The average Bonchev–Trinajstić information content (AvgIpc) is 2.15. The minimum Gasteiger partial charge on any atom is -0.310 e. The summed E-state index contributed by atoms with van der Waals surface area (Å²) >= 11 is -0.379. The number of nitrogens with zero attached hydrogens (tertiary/aromatic N) is 1. The average molecular weight is 236 g/mol. The Labute approximate surface area is 88.1 Å². The maximum atomic E-state index is 11.7. The molecule has 0 aliphatic rings. The molecule has 0 aliphatic heterocycles. The molecule has 1 rings (SSSR count). The van der Waals surface area contributed by atoms with Gasteiger partial charge >= 0.3 is 5.51 Å². The van der Waals surface area contributed by atoms with Gasteiger partial charge in [0.25, 0.3) is 0 Å². The van der Waals surface area contributed by atoms with Crippen LogP contribution in [-0.2, 0) is 4.79 Å². The Kier molecular flexibility index (Phi) is 3.96. The number of rotatable bonds is 3. The first-order chi connectivity index (χ1) is 6.97. The van der Waals surface area contributed by atoms with Gasteiger partial charge in [-0.3, -0.25) is 4.79 Å². The van der Waals surface area contributed by atoms with Gasteiger partial charge in [-0.1, -0.05) is 6.07 Å². The molecule has 7 heteroatoms. The number of nitrogens with one attached hydrogen (secondary N) is 1. The van der Waals surface area contributed by atoms with Crippen LogP contribution in [0.25, 0.3) is 0 Å². The lowest BCUT2D eigenvalue weighted by atomic mass is 10.4. The Morgan fingerprint density at radius 3 is 2.73 bits per heavy atom. The SMILES string of the molecule is O=C(CSC(F)(F)F)Nc1ccccn1. The third kappa shape index (κ3) is 5.26. The number of halogens is 3. The molecule has 82 valence electrons.